The Bertz CT molecular complexity index is 375. The molecule has 1 aliphatic carbocycles. The van der Waals surface area contributed by atoms with Gasteiger partial charge in [0.15, 0.2) is 0 Å². The van der Waals surface area contributed by atoms with E-state index in [9.17, 15) is 4.39 Å². The van der Waals surface area contributed by atoms with Crippen LogP contribution in [0.5, 0.6) is 0 Å². The van der Waals surface area contributed by atoms with Gasteiger partial charge in [0, 0.05) is 31.4 Å². The fraction of sp³-hybridized carbons (Fsp3) is 0.625. The third-order valence-electron chi connectivity index (χ3n) is 3.97. The van der Waals surface area contributed by atoms with Crippen LogP contribution in [-0.4, -0.2) is 25.7 Å². The average molecular weight is 264 g/mol. The first kappa shape index (κ1) is 14.3. The quantitative estimate of drug-likeness (QED) is 0.845. The van der Waals surface area contributed by atoms with Gasteiger partial charge in [-0.05, 0) is 38.0 Å². The lowest BCUT2D eigenvalue weighted by Gasteiger charge is -2.27. The summed E-state index contributed by atoms with van der Waals surface area (Å²) in [5.41, 5.74) is 0.980. The molecule has 0 bridgehead atoms. The number of rotatable bonds is 6. The minimum absolute atomic E-state index is 0.156. The maximum Gasteiger partial charge on any atom is 0.125 e. The standard InChI is InChI=1S/C16H25FN2/c1-2-19(16-10-6-7-14(17)13-16)12-11-18-15-8-4-3-5-9-15/h6-7,10,13,15,18H,2-5,8-9,11-12H2,1H3. The van der Waals surface area contributed by atoms with Crippen LogP contribution in [0.3, 0.4) is 0 Å². The van der Waals surface area contributed by atoms with Gasteiger partial charge in [0.05, 0.1) is 0 Å². The molecule has 1 aliphatic rings. The summed E-state index contributed by atoms with van der Waals surface area (Å²) in [6.45, 7) is 4.95. The first-order valence-corrected chi connectivity index (χ1v) is 7.53. The second kappa shape index (κ2) is 7.49. The zero-order chi connectivity index (χ0) is 13.5. The van der Waals surface area contributed by atoms with Gasteiger partial charge in [-0.25, -0.2) is 4.39 Å². The minimum atomic E-state index is -0.156. The molecule has 1 aromatic rings. The SMILES string of the molecule is CCN(CCNC1CCCCC1)c1cccc(F)c1. The summed E-state index contributed by atoms with van der Waals surface area (Å²) >= 11 is 0. The van der Waals surface area contributed by atoms with Gasteiger partial charge < -0.3 is 10.2 Å². The molecular weight excluding hydrogens is 239 g/mol. The summed E-state index contributed by atoms with van der Waals surface area (Å²) in [5, 5.41) is 3.64. The molecule has 2 rings (SSSR count). The molecule has 0 heterocycles. The van der Waals surface area contributed by atoms with Crippen molar-refractivity contribution in [3.63, 3.8) is 0 Å². The summed E-state index contributed by atoms with van der Waals surface area (Å²) < 4.78 is 13.2. The third kappa shape index (κ3) is 4.50. The number of hydrogen-bond acceptors (Lipinski definition) is 2. The van der Waals surface area contributed by atoms with Crippen molar-refractivity contribution in [3.8, 4) is 0 Å². The lowest BCUT2D eigenvalue weighted by atomic mass is 9.95. The van der Waals surface area contributed by atoms with Gasteiger partial charge in [-0.2, -0.15) is 0 Å². The summed E-state index contributed by atoms with van der Waals surface area (Å²) in [6.07, 6.45) is 6.73. The molecular formula is C16H25FN2. The second-order valence-corrected chi connectivity index (χ2v) is 5.35. The number of nitrogens with one attached hydrogen (secondary N) is 1. The molecule has 0 radical (unpaired) electrons. The minimum Gasteiger partial charge on any atom is -0.370 e. The Kier molecular flexibility index (Phi) is 5.64. The van der Waals surface area contributed by atoms with Gasteiger partial charge in [-0.15, -0.1) is 0 Å². The van der Waals surface area contributed by atoms with E-state index in [0.717, 1.165) is 25.3 Å². The van der Waals surface area contributed by atoms with E-state index in [1.54, 1.807) is 12.1 Å². The molecule has 1 aromatic carbocycles. The van der Waals surface area contributed by atoms with E-state index in [2.05, 4.69) is 17.1 Å². The number of anilines is 1. The van der Waals surface area contributed by atoms with Gasteiger partial charge in [0.25, 0.3) is 0 Å². The predicted molar refractivity (Wildman–Crippen MR) is 79.2 cm³/mol. The second-order valence-electron chi connectivity index (χ2n) is 5.35. The molecule has 2 nitrogen and oxygen atoms in total. The smallest absolute Gasteiger partial charge is 0.125 e. The van der Waals surface area contributed by atoms with E-state index in [1.165, 1.54) is 38.2 Å². The van der Waals surface area contributed by atoms with Gasteiger partial charge in [0.2, 0.25) is 0 Å². The maximum atomic E-state index is 13.2. The van der Waals surface area contributed by atoms with Crippen molar-refractivity contribution in [2.45, 2.75) is 45.1 Å². The van der Waals surface area contributed by atoms with Crippen LogP contribution < -0.4 is 10.2 Å². The van der Waals surface area contributed by atoms with Gasteiger partial charge in [-0.1, -0.05) is 25.3 Å². The first-order chi connectivity index (χ1) is 9.29. The molecule has 1 fully saturated rings. The average Bonchev–Trinajstić information content (AvgIpc) is 2.45. The van der Waals surface area contributed by atoms with E-state index < -0.39 is 0 Å². The molecule has 3 heteroatoms. The summed E-state index contributed by atoms with van der Waals surface area (Å²) in [6, 6.07) is 7.57. The largest absolute Gasteiger partial charge is 0.370 e. The van der Waals surface area contributed by atoms with Crippen molar-refractivity contribution >= 4 is 5.69 Å². The van der Waals surface area contributed by atoms with E-state index in [4.69, 9.17) is 0 Å². The van der Waals surface area contributed by atoms with Crippen molar-refractivity contribution in [1.29, 1.82) is 0 Å². The Hall–Kier alpha value is -1.09. The van der Waals surface area contributed by atoms with Crippen molar-refractivity contribution in [2.75, 3.05) is 24.5 Å². The molecule has 106 valence electrons. The van der Waals surface area contributed by atoms with Crippen LogP contribution >= 0.6 is 0 Å². The normalized spacial score (nSPS) is 16.5. The van der Waals surface area contributed by atoms with Crippen molar-refractivity contribution < 1.29 is 4.39 Å². The molecule has 0 atom stereocenters. The van der Waals surface area contributed by atoms with E-state index in [-0.39, 0.29) is 5.82 Å². The van der Waals surface area contributed by atoms with E-state index in [0.29, 0.717) is 6.04 Å². The molecule has 0 spiro atoms. The molecule has 1 saturated carbocycles. The van der Waals surface area contributed by atoms with Crippen LogP contribution in [0.4, 0.5) is 10.1 Å². The highest BCUT2D eigenvalue weighted by Crippen LogP contribution is 2.18. The molecule has 0 saturated heterocycles. The zero-order valence-corrected chi connectivity index (χ0v) is 11.9. The number of halogens is 1. The first-order valence-electron chi connectivity index (χ1n) is 7.53. The van der Waals surface area contributed by atoms with Crippen LogP contribution in [0.1, 0.15) is 39.0 Å². The number of benzene rings is 1. The highest BCUT2D eigenvalue weighted by molar-refractivity contribution is 5.46. The fourth-order valence-electron chi connectivity index (χ4n) is 2.85. The summed E-state index contributed by atoms with van der Waals surface area (Å²) in [7, 11) is 0. The van der Waals surface area contributed by atoms with Crippen molar-refractivity contribution in [2.24, 2.45) is 0 Å². The zero-order valence-electron chi connectivity index (χ0n) is 11.9. The van der Waals surface area contributed by atoms with Gasteiger partial charge >= 0.3 is 0 Å². The van der Waals surface area contributed by atoms with Gasteiger partial charge in [-0.3, -0.25) is 0 Å². The van der Waals surface area contributed by atoms with Gasteiger partial charge in [0.1, 0.15) is 5.82 Å². The van der Waals surface area contributed by atoms with Crippen molar-refractivity contribution in [1.82, 2.24) is 5.32 Å². The van der Waals surface area contributed by atoms with E-state index >= 15 is 0 Å². The Labute approximate surface area is 116 Å². The van der Waals surface area contributed by atoms with Crippen LogP contribution in [0.2, 0.25) is 0 Å². The Balaban J connectivity index is 1.79. The fourth-order valence-corrected chi connectivity index (χ4v) is 2.85. The predicted octanol–water partition coefficient (Wildman–Crippen LogP) is 3.57. The Morgan fingerprint density at radius 3 is 2.74 bits per heavy atom. The van der Waals surface area contributed by atoms with Crippen LogP contribution in [0.15, 0.2) is 24.3 Å². The van der Waals surface area contributed by atoms with Crippen LogP contribution in [0, 0.1) is 5.82 Å². The maximum absolute atomic E-state index is 13.2. The van der Waals surface area contributed by atoms with Crippen molar-refractivity contribution in [3.05, 3.63) is 30.1 Å². The molecule has 1 N–H and O–H groups in total. The number of likely N-dealkylation sites (N-methyl/N-ethyl adjacent to an activating group) is 1. The van der Waals surface area contributed by atoms with Crippen LogP contribution in [-0.2, 0) is 0 Å². The summed E-state index contributed by atoms with van der Waals surface area (Å²) in [4.78, 5) is 2.22. The third-order valence-corrected chi connectivity index (χ3v) is 3.97. The monoisotopic (exact) mass is 264 g/mol. The molecule has 0 unspecified atom stereocenters. The van der Waals surface area contributed by atoms with Crippen LogP contribution in [0.25, 0.3) is 0 Å². The number of nitrogens with zero attached hydrogens (tertiary/aromatic N) is 1. The lowest BCUT2D eigenvalue weighted by Crippen LogP contribution is -2.38. The highest BCUT2D eigenvalue weighted by Gasteiger charge is 2.12. The lowest BCUT2D eigenvalue weighted by molar-refractivity contribution is 0.376. The molecule has 0 aliphatic heterocycles. The number of hydrogen-bond donors (Lipinski definition) is 1. The van der Waals surface area contributed by atoms with E-state index in [1.807, 2.05) is 6.07 Å². The molecule has 19 heavy (non-hydrogen) atoms. The molecule has 0 aromatic heterocycles. The molecule has 0 amide bonds. The Morgan fingerprint density at radius 1 is 1.26 bits per heavy atom. The topological polar surface area (TPSA) is 15.3 Å². The Morgan fingerprint density at radius 2 is 2.05 bits per heavy atom. The summed E-state index contributed by atoms with van der Waals surface area (Å²) in [5.74, 6) is -0.156. The highest BCUT2D eigenvalue weighted by atomic mass is 19.1.